The fourth-order valence-corrected chi connectivity index (χ4v) is 2.43. The van der Waals surface area contributed by atoms with E-state index in [1.807, 2.05) is 54.6 Å². The molecule has 0 bridgehead atoms. The van der Waals surface area contributed by atoms with Gasteiger partial charge >= 0.3 is 0 Å². The highest BCUT2D eigenvalue weighted by atomic mass is 16.3. The van der Waals surface area contributed by atoms with Crippen molar-refractivity contribution >= 4 is 11.6 Å². The average Bonchev–Trinajstić information content (AvgIpc) is 2.41. The van der Waals surface area contributed by atoms with Crippen LogP contribution in [-0.4, -0.2) is 17.1 Å². The van der Waals surface area contributed by atoms with Crippen molar-refractivity contribution in [3.8, 4) is 0 Å². The van der Waals surface area contributed by atoms with Crippen LogP contribution in [0.5, 0.6) is 0 Å². The first-order chi connectivity index (χ1) is 8.77. The van der Waals surface area contributed by atoms with E-state index in [0.717, 1.165) is 16.8 Å². The van der Waals surface area contributed by atoms with Gasteiger partial charge in [-0.05, 0) is 17.2 Å². The number of rotatable bonds is 1. The summed E-state index contributed by atoms with van der Waals surface area (Å²) in [6, 6.07) is 17.2. The summed E-state index contributed by atoms with van der Waals surface area (Å²) in [5.41, 5.74) is 2.68. The largest absolute Gasteiger partial charge is 0.382 e. The molecule has 0 spiro atoms. The summed E-state index contributed by atoms with van der Waals surface area (Å²) in [6.07, 6.45) is -1.04. The Kier molecular flexibility index (Phi) is 2.61. The summed E-state index contributed by atoms with van der Waals surface area (Å²) in [5.74, 6) is -0.640. The first-order valence-electron chi connectivity index (χ1n) is 5.90. The van der Waals surface area contributed by atoms with Crippen LogP contribution >= 0.6 is 0 Å². The van der Waals surface area contributed by atoms with E-state index in [0.29, 0.717) is 0 Å². The average molecular weight is 239 g/mol. The number of anilines is 1. The molecule has 2 aromatic rings. The first kappa shape index (κ1) is 11.0. The number of aliphatic hydroxyl groups excluding tert-OH is 1. The lowest BCUT2D eigenvalue weighted by molar-refractivity contribution is -0.125. The minimum absolute atomic E-state index is 0.295. The van der Waals surface area contributed by atoms with Crippen LogP contribution in [0.3, 0.4) is 0 Å². The maximum absolute atomic E-state index is 11.8. The molecule has 0 saturated heterocycles. The van der Waals surface area contributed by atoms with Crippen molar-refractivity contribution in [2.75, 3.05) is 5.32 Å². The molecule has 3 heteroatoms. The van der Waals surface area contributed by atoms with E-state index in [1.54, 1.807) is 0 Å². The Morgan fingerprint density at radius 1 is 0.944 bits per heavy atom. The molecule has 0 radical (unpaired) electrons. The van der Waals surface area contributed by atoms with Gasteiger partial charge in [0.1, 0.15) is 6.10 Å². The maximum atomic E-state index is 11.8. The van der Waals surface area contributed by atoms with E-state index < -0.39 is 6.10 Å². The third-order valence-electron chi connectivity index (χ3n) is 3.30. The molecule has 2 atom stereocenters. The van der Waals surface area contributed by atoms with Crippen molar-refractivity contribution in [1.82, 2.24) is 0 Å². The zero-order valence-electron chi connectivity index (χ0n) is 9.71. The van der Waals surface area contributed by atoms with Crippen molar-refractivity contribution in [2.24, 2.45) is 0 Å². The molecule has 2 aromatic carbocycles. The predicted molar refractivity (Wildman–Crippen MR) is 69.4 cm³/mol. The molecule has 18 heavy (non-hydrogen) atoms. The van der Waals surface area contributed by atoms with Crippen molar-refractivity contribution in [1.29, 1.82) is 0 Å². The Morgan fingerprint density at radius 2 is 1.61 bits per heavy atom. The minimum atomic E-state index is -1.04. The normalized spacial score (nSPS) is 22.2. The van der Waals surface area contributed by atoms with Gasteiger partial charge in [-0.25, -0.2) is 0 Å². The standard InChI is InChI=1S/C15H13NO2/c17-14-13(10-6-2-1-3-7-10)11-8-4-5-9-12(11)16-15(14)18/h1-9,13-14,17H,(H,16,18). The monoisotopic (exact) mass is 239 g/mol. The molecule has 0 saturated carbocycles. The highest BCUT2D eigenvalue weighted by Crippen LogP contribution is 2.36. The maximum Gasteiger partial charge on any atom is 0.254 e. The third kappa shape index (κ3) is 1.69. The van der Waals surface area contributed by atoms with Crippen LogP contribution in [0.2, 0.25) is 0 Å². The van der Waals surface area contributed by atoms with Crippen molar-refractivity contribution in [3.05, 3.63) is 65.7 Å². The number of aliphatic hydroxyl groups is 1. The zero-order chi connectivity index (χ0) is 12.5. The van der Waals surface area contributed by atoms with Gasteiger partial charge in [0, 0.05) is 11.6 Å². The molecule has 1 amide bonds. The van der Waals surface area contributed by atoms with Crippen LogP contribution in [-0.2, 0) is 4.79 Å². The Bertz CT molecular complexity index is 580. The summed E-state index contributed by atoms with van der Waals surface area (Å²) in [4.78, 5) is 11.8. The van der Waals surface area contributed by atoms with Gasteiger partial charge in [-0.1, -0.05) is 48.5 Å². The van der Waals surface area contributed by atoms with Gasteiger partial charge in [0.25, 0.3) is 5.91 Å². The number of benzene rings is 2. The molecule has 0 aliphatic carbocycles. The zero-order valence-corrected chi connectivity index (χ0v) is 9.71. The highest BCUT2D eigenvalue weighted by molar-refractivity contribution is 5.98. The molecule has 90 valence electrons. The molecule has 0 aromatic heterocycles. The van der Waals surface area contributed by atoms with Gasteiger partial charge in [-0.15, -0.1) is 0 Å². The SMILES string of the molecule is O=C1Nc2ccccc2C(c2ccccc2)C1O. The lowest BCUT2D eigenvalue weighted by atomic mass is 9.83. The van der Waals surface area contributed by atoms with Gasteiger partial charge < -0.3 is 10.4 Å². The molecule has 3 nitrogen and oxygen atoms in total. The van der Waals surface area contributed by atoms with E-state index >= 15 is 0 Å². The molecule has 2 unspecified atom stereocenters. The van der Waals surface area contributed by atoms with Gasteiger partial charge in [0.2, 0.25) is 0 Å². The van der Waals surface area contributed by atoms with Crippen molar-refractivity contribution in [3.63, 3.8) is 0 Å². The topological polar surface area (TPSA) is 49.3 Å². The van der Waals surface area contributed by atoms with Crippen LogP contribution in [0.1, 0.15) is 17.0 Å². The Hall–Kier alpha value is -2.13. The van der Waals surface area contributed by atoms with E-state index in [4.69, 9.17) is 0 Å². The van der Waals surface area contributed by atoms with Crippen LogP contribution in [0.25, 0.3) is 0 Å². The molecule has 1 aliphatic rings. The highest BCUT2D eigenvalue weighted by Gasteiger charge is 2.34. The molecule has 2 N–H and O–H groups in total. The fourth-order valence-electron chi connectivity index (χ4n) is 2.43. The van der Waals surface area contributed by atoms with Crippen molar-refractivity contribution < 1.29 is 9.90 Å². The van der Waals surface area contributed by atoms with Gasteiger partial charge in [0.05, 0.1) is 0 Å². The van der Waals surface area contributed by atoms with Crippen LogP contribution in [0.4, 0.5) is 5.69 Å². The number of carbonyl (C=O) groups excluding carboxylic acids is 1. The van der Waals surface area contributed by atoms with E-state index in [1.165, 1.54) is 0 Å². The summed E-state index contributed by atoms with van der Waals surface area (Å²) >= 11 is 0. The lowest BCUT2D eigenvalue weighted by Gasteiger charge is -2.30. The summed E-state index contributed by atoms with van der Waals surface area (Å²) < 4.78 is 0. The molecule has 3 rings (SSSR count). The van der Waals surface area contributed by atoms with Crippen molar-refractivity contribution in [2.45, 2.75) is 12.0 Å². The smallest absolute Gasteiger partial charge is 0.254 e. The molecule has 1 heterocycles. The second kappa shape index (κ2) is 4.27. The Morgan fingerprint density at radius 3 is 2.39 bits per heavy atom. The van der Waals surface area contributed by atoms with Gasteiger partial charge in [0.15, 0.2) is 0 Å². The molecular formula is C15H13NO2. The number of carbonyl (C=O) groups is 1. The number of para-hydroxylation sites is 1. The second-order valence-corrected chi connectivity index (χ2v) is 4.41. The summed E-state index contributed by atoms with van der Waals surface area (Å²) in [6.45, 7) is 0. The number of hydrogen-bond donors (Lipinski definition) is 2. The number of nitrogens with one attached hydrogen (secondary N) is 1. The molecule has 1 aliphatic heterocycles. The quantitative estimate of drug-likeness (QED) is 0.801. The summed E-state index contributed by atoms with van der Waals surface area (Å²) in [7, 11) is 0. The third-order valence-corrected chi connectivity index (χ3v) is 3.30. The summed E-state index contributed by atoms with van der Waals surface area (Å²) in [5, 5.41) is 12.8. The van der Waals surface area contributed by atoms with Gasteiger partial charge in [-0.2, -0.15) is 0 Å². The van der Waals surface area contributed by atoms with E-state index in [-0.39, 0.29) is 11.8 Å². The number of amides is 1. The van der Waals surface area contributed by atoms with Crippen LogP contribution in [0.15, 0.2) is 54.6 Å². The first-order valence-corrected chi connectivity index (χ1v) is 5.90. The van der Waals surface area contributed by atoms with E-state index in [2.05, 4.69) is 5.32 Å². The second-order valence-electron chi connectivity index (χ2n) is 4.41. The number of hydrogen-bond acceptors (Lipinski definition) is 2. The Labute approximate surface area is 105 Å². The number of fused-ring (bicyclic) bond motifs is 1. The van der Waals surface area contributed by atoms with Crippen LogP contribution < -0.4 is 5.32 Å². The minimum Gasteiger partial charge on any atom is -0.382 e. The predicted octanol–water partition coefficient (Wildman–Crippen LogP) is 2.13. The lowest BCUT2D eigenvalue weighted by Crippen LogP contribution is -2.38. The molecule has 0 fully saturated rings. The fraction of sp³-hybridized carbons (Fsp3) is 0.133. The molecular weight excluding hydrogens is 226 g/mol. The van der Waals surface area contributed by atoms with E-state index in [9.17, 15) is 9.90 Å². The Balaban J connectivity index is 2.15. The van der Waals surface area contributed by atoms with Crippen LogP contribution in [0, 0.1) is 0 Å². The van der Waals surface area contributed by atoms with Gasteiger partial charge in [-0.3, -0.25) is 4.79 Å².